The van der Waals surface area contributed by atoms with Gasteiger partial charge < -0.3 is 10.1 Å². The lowest BCUT2D eigenvalue weighted by molar-refractivity contribution is 0.291. The van der Waals surface area contributed by atoms with Crippen molar-refractivity contribution in [3.63, 3.8) is 0 Å². The summed E-state index contributed by atoms with van der Waals surface area (Å²) in [5, 5.41) is 3.55. The van der Waals surface area contributed by atoms with Crippen LogP contribution in [0.4, 0.5) is 0 Å². The molecule has 1 N–H and O–H groups in total. The van der Waals surface area contributed by atoms with Crippen LogP contribution in [0.15, 0.2) is 22.7 Å². The van der Waals surface area contributed by atoms with Gasteiger partial charge in [0.15, 0.2) is 0 Å². The summed E-state index contributed by atoms with van der Waals surface area (Å²) in [6, 6.07) is 6.72. The monoisotopic (exact) mass is 327 g/mol. The molecule has 0 aliphatic carbocycles. The van der Waals surface area contributed by atoms with Crippen LogP contribution in [0, 0.1) is 11.8 Å². The van der Waals surface area contributed by atoms with Crippen LogP contribution in [0.5, 0.6) is 5.75 Å². The molecule has 0 amide bonds. The number of hydrogen-bond acceptors (Lipinski definition) is 2. The van der Waals surface area contributed by atoms with E-state index in [1.165, 1.54) is 10.0 Å². The Morgan fingerprint density at radius 2 is 1.95 bits per heavy atom. The SMILES string of the molecule is CCNC(C)C(Cc1cc(OC)ccc1Br)C(C)C. The maximum absolute atomic E-state index is 5.32. The van der Waals surface area contributed by atoms with E-state index in [0.717, 1.165) is 18.7 Å². The first-order valence-corrected chi connectivity index (χ1v) is 7.84. The molecule has 3 heteroatoms. The minimum atomic E-state index is 0.517. The van der Waals surface area contributed by atoms with Crippen LogP contribution in [0.3, 0.4) is 0 Å². The molecule has 0 heterocycles. The van der Waals surface area contributed by atoms with Crippen LogP contribution in [0.25, 0.3) is 0 Å². The average Bonchev–Trinajstić information content (AvgIpc) is 2.37. The second-order valence-electron chi connectivity index (χ2n) is 5.42. The third-order valence-electron chi connectivity index (χ3n) is 3.73. The first kappa shape index (κ1) is 16.5. The summed E-state index contributed by atoms with van der Waals surface area (Å²) >= 11 is 3.65. The van der Waals surface area contributed by atoms with Gasteiger partial charge in [-0.3, -0.25) is 0 Å². The van der Waals surface area contributed by atoms with E-state index in [1.807, 2.05) is 6.07 Å². The molecule has 2 unspecified atom stereocenters. The number of nitrogens with one attached hydrogen (secondary N) is 1. The highest BCUT2D eigenvalue weighted by atomic mass is 79.9. The molecule has 19 heavy (non-hydrogen) atoms. The summed E-state index contributed by atoms with van der Waals surface area (Å²) in [5.74, 6) is 2.19. The van der Waals surface area contributed by atoms with E-state index in [0.29, 0.717) is 17.9 Å². The van der Waals surface area contributed by atoms with Gasteiger partial charge in [-0.15, -0.1) is 0 Å². The lowest BCUT2D eigenvalue weighted by atomic mass is 9.84. The first-order chi connectivity index (χ1) is 8.99. The lowest BCUT2D eigenvalue weighted by Crippen LogP contribution is -2.37. The fourth-order valence-electron chi connectivity index (χ4n) is 2.55. The Morgan fingerprint density at radius 1 is 1.26 bits per heavy atom. The summed E-state index contributed by atoms with van der Waals surface area (Å²) in [7, 11) is 1.72. The zero-order valence-corrected chi connectivity index (χ0v) is 14.3. The van der Waals surface area contributed by atoms with Crippen LogP contribution in [0.2, 0.25) is 0 Å². The van der Waals surface area contributed by atoms with Crippen LogP contribution in [-0.4, -0.2) is 19.7 Å². The van der Waals surface area contributed by atoms with E-state index in [-0.39, 0.29) is 0 Å². The quantitative estimate of drug-likeness (QED) is 0.807. The average molecular weight is 328 g/mol. The number of ether oxygens (including phenoxy) is 1. The molecule has 0 saturated carbocycles. The molecule has 1 aromatic rings. The minimum absolute atomic E-state index is 0.517. The topological polar surface area (TPSA) is 21.3 Å². The molecule has 0 spiro atoms. The fourth-order valence-corrected chi connectivity index (χ4v) is 2.96. The highest BCUT2D eigenvalue weighted by Gasteiger charge is 2.21. The third kappa shape index (κ3) is 4.81. The van der Waals surface area contributed by atoms with Gasteiger partial charge in [0.2, 0.25) is 0 Å². The van der Waals surface area contributed by atoms with Gasteiger partial charge >= 0.3 is 0 Å². The number of halogens is 1. The van der Waals surface area contributed by atoms with Gasteiger partial charge in [0.1, 0.15) is 5.75 Å². The molecule has 0 aliphatic heterocycles. The summed E-state index contributed by atoms with van der Waals surface area (Å²) in [6.07, 6.45) is 1.06. The van der Waals surface area contributed by atoms with E-state index in [1.54, 1.807) is 7.11 Å². The molecular weight excluding hydrogens is 302 g/mol. The standard InChI is InChI=1S/C16H26BrNO/c1-6-18-12(4)15(11(2)3)10-13-9-14(19-5)7-8-16(13)17/h7-9,11-12,15,18H,6,10H2,1-5H3. The molecule has 0 aromatic heterocycles. The van der Waals surface area contributed by atoms with Gasteiger partial charge in [-0.2, -0.15) is 0 Å². The third-order valence-corrected chi connectivity index (χ3v) is 4.51. The van der Waals surface area contributed by atoms with Crippen LogP contribution in [0.1, 0.15) is 33.3 Å². The van der Waals surface area contributed by atoms with Crippen LogP contribution >= 0.6 is 15.9 Å². The Hall–Kier alpha value is -0.540. The lowest BCUT2D eigenvalue weighted by Gasteiger charge is -2.28. The Kier molecular flexibility index (Phi) is 6.87. The summed E-state index contributed by atoms with van der Waals surface area (Å²) in [6.45, 7) is 10.1. The molecule has 0 saturated heterocycles. The Balaban J connectivity index is 2.89. The number of methoxy groups -OCH3 is 1. The second-order valence-corrected chi connectivity index (χ2v) is 6.27. The van der Waals surface area contributed by atoms with Gasteiger partial charge in [-0.05, 0) is 55.5 Å². The highest BCUT2D eigenvalue weighted by molar-refractivity contribution is 9.10. The van der Waals surface area contributed by atoms with Crippen molar-refractivity contribution in [1.82, 2.24) is 5.32 Å². The van der Waals surface area contributed by atoms with E-state index < -0.39 is 0 Å². The molecule has 0 aliphatic rings. The normalized spacial score (nSPS) is 14.5. The van der Waals surface area contributed by atoms with Crippen molar-refractivity contribution in [2.24, 2.45) is 11.8 Å². The van der Waals surface area contributed by atoms with E-state index in [4.69, 9.17) is 4.74 Å². The molecule has 0 radical (unpaired) electrons. The Morgan fingerprint density at radius 3 is 2.47 bits per heavy atom. The van der Waals surface area contributed by atoms with Gasteiger partial charge in [-0.25, -0.2) is 0 Å². The van der Waals surface area contributed by atoms with Gasteiger partial charge in [0.05, 0.1) is 7.11 Å². The number of rotatable bonds is 7. The molecule has 1 aromatic carbocycles. The molecule has 2 nitrogen and oxygen atoms in total. The number of benzene rings is 1. The highest BCUT2D eigenvalue weighted by Crippen LogP contribution is 2.28. The minimum Gasteiger partial charge on any atom is -0.497 e. The molecule has 2 atom stereocenters. The molecule has 108 valence electrons. The molecule has 1 rings (SSSR count). The first-order valence-electron chi connectivity index (χ1n) is 7.05. The zero-order valence-electron chi connectivity index (χ0n) is 12.7. The van der Waals surface area contributed by atoms with Gasteiger partial charge in [0, 0.05) is 10.5 Å². The van der Waals surface area contributed by atoms with Gasteiger partial charge in [-0.1, -0.05) is 36.7 Å². The van der Waals surface area contributed by atoms with Crippen molar-refractivity contribution in [1.29, 1.82) is 0 Å². The van der Waals surface area contributed by atoms with Crippen molar-refractivity contribution < 1.29 is 4.74 Å². The van der Waals surface area contributed by atoms with E-state index in [2.05, 4.69) is 61.1 Å². The van der Waals surface area contributed by atoms with E-state index in [9.17, 15) is 0 Å². The van der Waals surface area contributed by atoms with Crippen molar-refractivity contribution in [2.45, 2.75) is 40.2 Å². The zero-order chi connectivity index (χ0) is 14.4. The Bertz CT molecular complexity index is 392. The van der Waals surface area contributed by atoms with Crippen molar-refractivity contribution in [3.8, 4) is 5.75 Å². The predicted molar refractivity (Wildman–Crippen MR) is 85.9 cm³/mol. The van der Waals surface area contributed by atoms with Crippen LogP contribution < -0.4 is 10.1 Å². The maximum atomic E-state index is 5.32. The number of hydrogen-bond donors (Lipinski definition) is 1. The van der Waals surface area contributed by atoms with E-state index >= 15 is 0 Å². The molecule has 0 bridgehead atoms. The largest absolute Gasteiger partial charge is 0.497 e. The smallest absolute Gasteiger partial charge is 0.119 e. The van der Waals surface area contributed by atoms with Crippen molar-refractivity contribution in [3.05, 3.63) is 28.2 Å². The maximum Gasteiger partial charge on any atom is 0.119 e. The Labute approximate surface area is 126 Å². The van der Waals surface area contributed by atoms with Crippen molar-refractivity contribution in [2.75, 3.05) is 13.7 Å². The summed E-state index contributed by atoms with van der Waals surface area (Å²) < 4.78 is 6.49. The second kappa shape index (κ2) is 7.91. The predicted octanol–water partition coefficient (Wildman–Crippen LogP) is 4.27. The van der Waals surface area contributed by atoms with Gasteiger partial charge in [0.25, 0.3) is 0 Å². The fraction of sp³-hybridized carbons (Fsp3) is 0.625. The summed E-state index contributed by atoms with van der Waals surface area (Å²) in [4.78, 5) is 0. The summed E-state index contributed by atoms with van der Waals surface area (Å²) in [5.41, 5.74) is 1.32. The molecular formula is C16H26BrNO. The van der Waals surface area contributed by atoms with Crippen molar-refractivity contribution >= 4 is 15.9 Å². The molecule has 0 fully saturated rings. The van der Waals surface area contributed by atoms with Crippen LogP contribution in [-0.2, 0) is 6.42 Å².